The molecule has 0 radical (unpaired) electrons. The van der Waals surface area contributed by atoms with E-state index >= 15 is 0 Å². The fourth-order valence-corrected chi connectivity index (χ4v) is 4.85. The standard InChI is InChI=1S/C29H23IN2O4/c1-2-35-26-17-20(16-25-28(33)32(29(34)31-25)23-10-4-3-5-11-23)15-24(30)27(26)36-18-19-12-13-21-8-6-7-9-22(21)14-19/h3-17H,2,18H2,1H3,(H,31,34)/b25-16+. The van der Waals surface area contributed by atoms with Gasteiger partial charge in [-0.15, -0.1) is 0 Å². The van der Waals surface area contributed by atoms with Crippen LogP contribution >= 0.6 is 22.6 Å². The van der Waals surface area contributed by atoms with Crippen molar-refractivity contribution in [2.75, 3.05) is 11.5 Å². The van der Waals surface area contributed by atoms with Crippen LogP contribution in [0.2, 0.25) is 0 Å². The molecule has 1 saturated heterocycles. The van der Waals surface area contributed by atoms with Gasteiger partial charge in [0.1, 0.15) is 12.3 Å². The second-order valence-corrected chi connectivity index (χ2v) is 9.36. The van der Waals surface area contributed by atoms with Gasteiger partial charge in [0.2, 0.25) is 0 Å². The van der Waals surface area contributed by atoms with E-state index in [-0.39, 0.29) is 5.70 Å². The van der Waals surface area contributed by atoms with Crippen LogP contribution in [0, 0.1) is 3.57 Å². The van der Waals surface area contributed by atoms with Crippen LogP contribution in [0.3, 0.4) is 0 Å². The Labute approximate surface area is 222 Å². The number of imide groups is 1. The summed E-state index contributed by atoms with van der Waals surface area (Å²) in [6.07, 6.45) is 1.65. The second kappa shape index (κ2) is 10.4. The average molecular weight is 590 g/mol. The van der Waals surface area contributed by atoms with Crippen LogP contribution in [-0.2, 0) is 11.4 Å². The number of hydrogen-bond acceptors (Lipinski definition) is 4. The lowest BCUT2D eigenvalue weighted by Crippen LogP contribution is -2.30. The summed E-state index contributed by atoms with van der Waals surface area (Å²) < 4.78 is 12.9. The van der Waals surface area contributed by atoms with Gasteiger partial charge in [0.25, 0.3) is 5.91 Å². The largest absolute Gasteiger partial charge is 0.490 e. The first-order valence-corrected chi connectivity index (χ1v) is 12.6. The summed E-state index contributed by atoms with van der Waals surface area (Å²) in [6, 6.07) is 26.5. The molecule has 5 rings (SSSR count). The number of para-hydroxylation sites is 1. The quantitative estimate of drug-likeness (QED) is 0.151. The van der Waals surface area contributed by atoms with E-state index in [1.807, 2.05) is 37.3 Å². The van der Waals surface area contributed by atoms with Gasteiger partial charge < -0.3 is 14.8 Å². The zero-order valence-electron chi connectivity index (χ0n) is 19.5. The first-order valence-electron chi connectivity index (χ1n) is 11.5. The first-order chi connectivity index (χ1) is 17.5. The van der Waals surface area contributed by atoms with Crippen molar-refractivity contribution in [2.45, 2.75) is 13.5 Å². The lowest BCUT2D eigenvalue weighted by Gasteiger charge is -2.15. The van der Waals surface area contributed by atoms with E-state index in [0.29, 0.717) is 30.4 Å². The summed E-state index contributed by atoms with van der Waals surface area (Å²) in [5.74, 6) is 0.810. The van der Waals surface area contributed by atoms with Crippen molar-refractivity contribution in [3.8, 4) is 11.5 Å². The Morgan fingerprint density at radius 1 is 0.889 bits per heavy atom. The van der Waals surface area contributed by atoms with Crippen LogP contribution in [0.25, 0.3) is 16.8 Å². The molecule has 1 N–H and O–H groups in total. The molecule has 1 aliphatic heterocycles. The summed E-state index contributed by atoms with van der Waals surface area (Å²) in [4.78, 5) is 26.6. The third kappa shape index (κ3) is 4.92. The van der Waals surface area contributed by atoms with Gasteiger partial charge in [-0.05, 0) is 87.8 Å². The normalized spacial score (nSPS) is 14.4. The maximum absolute atomic E-state index is 13.0. The third-order valence-corrected chi connectivity index (χ3v) is 6.53. The number of anilines is 1. The van der Waals surface area contributed by atoms with Gasteiger partial charge in [0, 0.05) is 0 Å². The van der Waals surface area contributed by atoms with E-state index < -0.39 is 11.9 Å². The summed E-state index contributed by atoms with van der Waals surface area (Å²) in [7, 11) is 0. The fourth-order valence-electron chi connectivity index (χ4n) is 4.07. The van der Waals surface area contributed by atoms with E-state index in [1.54, 1.807) is 30.3 Å². The van der Waals surface area contributed by atoms with Gasteiger partial charge in [-0.3, -0.25) is 4.79 Å². The minimum atomic E-state index is -0.479. The Morgan fingerprint density at radius 3 is 2.42 bits per heavy atom. The Morgan fingerprint density at radius 2 is 1.64 bits per heavy atom. The average Bonchev–Trinajstić information content (AvgIpc) is 3.16. The van der Waals surface area contributed by atoms with E-state index in [1.165, 1.54) is 5.39 Å². The number of amides is 3. The maximum Gasteiger partial charge on any atom is 0.333 e. The number of carbonyl (C=O) groups is 2. The molecule has 4 aromatic rings. The monoisotopic (exact) mass is 590 g/mol. The number of halogens is 1. The number of hydrogen-bond donors (Lipinski definition) is 1. The predicted molar refractivity (Wildman–Crippen MR) is 149 cm³/mol. The molecule has 36 heavy (non-hydrogen) atoms. The summed E-state index contributed by atoms with van der Waals surface area (Å²) in [5.41, 5.74) is 2.50. The van der Waals surface area contributed by atoms with E-state index in [4.69, 9.17) is 9.47 Å². The van der Waals surface area contributed by atoms with Crippen molar-refractivity contribution < 1.29 is 19.1 Å². The molecule has 1 fully saturated rings. The second-order valence-electron chi connectivity index (χ2n) is 8.20. The number of nitrogens with zero attached hydrogens (tertiary/aromatic N) is 1. The smallest absolute Gasteiger partial charge is 0.333 e. The Bertz CT molecular complexity index is 1480. The molecule has 180 valence electrons. The Kier molecular flexibility index (Phi) is 6.90. The molecule has 0 aliphatic carbocycles. The number of carbonyl (C=O) groups excluding carboxylic acids is 2. The summed E-state index contributed by atoms with van der Waals surface area (Å²) in [6.45, 7) is 2.76. The van der Waals surface area contributed by atoms with E-state index in [0.717, 1.165) is 25.0 Å². The zero-order valence-corrected chi connectivity index (χ0v) is 21.7. The molecule has 0 aromatic heterocycles. The zero-order chi connectivity index (χ0) is 25.1. The molecule has 4 aromatic carbocycles. The van der Waals surface area contributed by atoms with Crippen LogP contribution in [0.4, 0.5) is 10.5 Å². The SMILES string of the molecule is CCOc1cc(/C=C2/NC(=O)N(c3ccccc3)C2=O)cc(I)c1OCc1ccc2ccccc2c1. The molecule has 3 amide bonds. The molecule has 0 bridgehead atoms. The Balaban J connectivity index is 1.40. The predicted octanol–water partition coefficient (Wildman–Crippen LogP) is 6.52. The van der Waals surface area contributed by atoms with Gasteiger partial charge in [-0.1, -0.05) is 54.6 Å². The van der Waals surface area contributed by atoms with Crippen LogP contribution in [0.15, 0.2) is 90.6 Å². The molecule has 1 aliphatic rings. The molecule has 0 saturated carbocycles. The number of benzene rings is 4. The number of ether oxygens (including phenoxy) is 2. The third-order valence-electron chi connectivity index (χ3n) is 5.73. The van der Waals surface area contributed by atoms with Crippen molar-refractivity contribution in [3.63, 3.8) is 0 Å². The van der Waals surface area contributed by atoms with Crippen molar-refractivity contribution in [2.24, 2.45) is 0 Å². The van der Waals surface area contributed by atoms with Crippen molar-refractivity contribution in [1.29, 1.82) is 0 Å². The molecule has 6 nitrogen and oxygen atoms in total. The summed E-state index contributed by atoms with van der Waals surface area (Å²) >= 11 is 2.20. The van der Waals surface area contributed by atoms with Crippen LogP contribution < -0.4 is 19.7 Å². The molecular weight excluding hydrogens is 567 g/mol. The fraction of sp³-hybridized carbons (Fsp3) is 0.103. The topological polar surface area (TPSA) is 67.9 Å². The highest BCUT2D eigenvalue weighted by atomic mass is 127. The Hall–Kier alpha value is -3.85. The van der Waals surface area contributed by atoms with E-state index in [2.05, 4.69) is 58.2 Å². The minimum Gasteiger partial charge on any atom is -0.490 e. The number of urea groups is 1. The van der Waals surface area contributed by atoms with Crippen LogP contribution in [0.5, 0.6) is 11.5 Å². The maximum atomic E-state index is 13.0. The highest BCUT2D eigenvalue weighted by Crippen LogP contribution is 2.36. The molecule has 0 unspecified atom stereocenters. The minimum absolute atomic E-state index is 0.201. The molecule has 0 spiro atoms. The molecular formula is C29H23IN2O4. The van der Waals surface area contributed by atoms with Crippen molar-refractivity contribution >= 4 is 57.1 Å². The van der Waals surface area contributed by atoms with Gasteiger partial charge in [-0.2, -0.15) is 0 Å². The first kappa shape index (κ1) is 23.9. The molecule has 0 atom stereocenters. The van der Waals surface area contributed by atoms with Crippen LogP contribution in [0.1, 0.15) is 18.1 Å². The summed E-state index contributed by atoms with van der Waals surface area (Å²) in [5, 5.41) is 5.01. The van der Waals surface area contributed by atoms with E-state index in [9.17, 15) is 9.59 Å². The van der Waals surface area contributed by atoms with Gasteiger partial charge in [0.05, 0.1) is 15.9 Å². The highest BCUT2D eigenvalue weighted by molar-refractivity contribution is 14.1. The lowest BCUT2D eigenvalue weighted by molar-refractivity contribution is -0.113. The highest BCUT2D eigenvalue weighted by Gasteiger charge is 2.34. The van der Waals surface area contributed by atoms with Crippen molar-refractivity contribution in [1.82, 2.24) is 5.32 Å². The lowest BCUT2D eigenvalue weighted by atomic mass is 10.1. The number of rotatable bonds is 7. The van der Waals surface area contributed by atoms with Gasteiger partial charge >= 0.3 is 6.03 Å². The van der Waals surface area contributed by atoms with Gasteiger partial charge in [-0.25, -0.2) is 9.69 Å². The van der Waals surface area contributed by atoms with Crippen molar-refractivity contribution in [3.05, 3.63) is 105 Å². The molecule has 7 heteroatoms. The van der Waals surface area contributed by atoms with Gasteiger partial charge in [0.15, 0.2) is 11.5 Å². The number of fused-ring (bicyclic) bond motifs is 1. The number of nitrogens with one attached hydrogen (secondary N) is 1. The molecule has 1 heterocycles. The van der Waals surface area contributed by atoms with Crippen LogP contribution in [-0.4, -0.2) is 18.5 Å².